The van der Waals surface area contributed by atoms with E-state index in [4.69, 9.17) is 11.6 Å². The molecule has 1 aliphatic rings. The highest BCUT2D eigenvalue weighted by Gasteiger charge is 2.59. The lowest BCUT2D eigenvalue weighted by Gasteiger charge is -2.56. The number of halogens is 1. The van der Waals surface area contributed by atoms with Gasteiger partial charge >= 0.3 is 5.97 Å². The van der Waals surface area contributed by atoms with E-state index in [0.29, 0.717) is 6.42 Å². The van der Waals surface area contributed by atoms with Gasteiger partial charge in [0.25, 0.3) is 0 Å². The molecule has 0 bridgehead atoms. The Morgan fingerprint density at radius 1 is 1.47 bits per heavy atom. The van der Waals surface area contributed by atoms with Crippen LogP contribution < -0.4 is 0 Å². The minimum Gasteiger partial charge on any atom is -0.480 e. The second-order valence-corrected chi connectivity index (χ2v) is 11.9. The first-order valence-corrected chi connectivity index (χ1v) is 9.75. The molecule has 4 nitrogen and oxygen atoms in total. The zero-order chi connectivity index (χ0) is 15.0. The molecule has 2 atom stereocenters. The third-order valence-corrected chi connectivity index (χ3v) is 9.94. The monoisotopic (exact) mass is 303 g/mol. The van der Waals surface area contributed by atoms with E-state index in [0.717, 1.165) is 0 Å². The fraction of sp³-hybridized carbons (Fsp3) is 0.692. The smallest absolute Gasteiger partial charge is 0.326 e. The van der Waals surface area contributed by atoms with Crippen molar-refractivity contribution in [2.24, 2.45) is 5.92 Å². The predicted molar refractivity (Wildman–Crippen MR) is 78.6 cm³/mol. The highest BCUT2D eigenvalue weighted by atomic mass is 35.5. The molecule has 1 aliphatic heterocycles. The number of carboxylic acid groups (broad SMARTS) is 1. The number of nitrogens with zero attached hydrogens (tertiary/aromatic N) is 1. The Hall–Kier alpha value is -0.813. The predicted octanol–water partition coefficient (Wildman–Crippen LogP) is 3.05. The van der Waals surface area contributed by atoms with Gasteiger partial charge in [-0.05, 0) is 11.5 Å². The zero-order valence-electron chi connectivity index (χ0n) is 12.1. The van der Waals surface area contributed by atoms with Crippen molar-refractivity contribution in [2.75, 3.05) is 0 Å². The molecule has 19 heavy (non-hydrogen) atoms. The number of carbonyl (C=O) groups is 2. The van der Waals surface area contributed by atoms with Crippen molar-refractivity contribution < 1.29 is 14.7 Å². The van der Waals surface area contributed by atoms with Crippen molar-refractivity contribution in [1.82, 2.24) is 4.57 Å². The molecular weight excluding hydrogens is 282 g/mol. The van der Waals surface area contributed by atoms with Gasteiger partial charge in [-0.1, -0.05) is 51.5 Å². The largest absolute Gasteiger partial charge is 0.480 e. The lowest BCUT2D eigenvalue weighted by molar-refractivity contribution is -0.163. The second kappa shape index (κ2) is 5.29. The Balaban J connectivity index is 3.04. The van der Waals surface area contributed by atoms with Gasteiger partial charge in [0.05, 0.1) is 5.92 Å². The topological polar surface area (TPSA) is 57.6 Å². The van der Waals surface area contributed by atoms with Crippen molar-refractivity contribution in [3.05, 3.63) is 11.6 Å². The molecule has 1 saturated heterocycles. The van der Waals surface area contributed by atoms with Crippen LogP contribution in [0.5, 0.6) is 0 Å². The number of allylic oxidation sites excluding steroid dienone is 1. The van der Waals surface area contributed by atoms with Crippen LogP contribution in [-0.4, -0.2) is 35.8 Å². The number of carboxylic acids is 1. The highest BCUT2D eigenvalue weighted by Crippen LogP contribution is 2.45. The molecule has 1 rings (SSSR count). The Morgan fingerprint density at radius 2 is 2.00 bits per heavy atom. The maximum Gasteiger partial charge on any atom is 0.326 e. The van der Waals surface area contributed by atoms with Crippen LogP contribution in [0.1, 0.15) is 27.2 Å². The van der Waals surface area contributed by atoms with E-state index >= 15 is 0 Å². The lowest BCUT2D eigenvalue weighted by atomic mass is 9.87. The van der Waals surface area contributed by atoms with Crippen LogP contribution in [0.4, 0.5) is 0 Å². The Kier molecular flexibility index (Phi) is 4.52. The number of hydrogen-bond acceptors (Lipinski definition) is 2. The molecule has 1 heterocycles. The van der Waals surface area contributed by atoms with Gasteiger partial charge in [-0.15, -0.1) is 0 Å². The summed E-state index contributed by atoms with van der Waals surface area (Å²) in [6.07, 6.45) is 2.04. The van der Waals surface area contributed by atoms with Crippen LogP contribution in [0.3, 0.4) is 0 Å². The number of β-lactam (4-membered cyclic amide) rings is 1. The number of carbonyl (C=O) groups excluding carboxylic acids is 1. The van der Waals surface area contributed by atoms with Crippen LogP contribution in [0.2, 0.25) is 18.1 Å². The van der Waals surface area contributed by atoms with Gasteiger partial charge in [0.1, 0.15) is 6.04 Å². The molecule has 0 saturated carbocycles. The van der Waals surface area contributed by atoms with E-state index in [1.54, 1.807) is 10.6 Å². The molecule has 6 heteroatoms. The second-order valence-electron chi connectivity index (χ2n) is 6.50. The average molecular weight is 304 g/mol. The van der Waals surface area contributed by atoms with Crippen molar-refractivity contribution in [1.29, 1.82) is 0 Å². The zero-order valence-corrected chi connectivity index (χ0v) is 13.9. The van der Waals surface area contributed by atoms with Gasteiger partial charge in [-0.3, -0.25) is 4.79 Å². The fourth-order valence-electron chi connectivity index (χ4n) is 2.24. The number of rotatable bonds is 4. The molecule has 0 aromatic carbocycles. The van der Waals surface area contributed by atoms with Crippen molar-refractivity contribution in [3.8, 4) is 0 Å². The standard InChI is InChI=1S/C13H22ClNO3Si/c1-13(2,3)19(4,5)15-10(12(17)18)9(11(15)16)7-6-8-14/h6,8-10H,7H2,1-5H3,(H,17,18)/b8-6+/t9-,10+/m1/s1. The summed E-state index contributed by atoms with van der Waals surface area (Å²) in [4.78, 5) is 23.8. The minimum absolute atomic E-state index is 0.0474. The fourth-order valence-corrected chi connectivity index (χ4v) is 4.77. The van der Waals surface area contributed by atoms with Crippen molar-refractivity contribution in [3.63, 3.8) is 0 Å². The summed E-state index contributed by atoms with van der Waals surface area (Å²) in [7, 11) is -2.15. The first kappa shape index (κ1) is 16.2. The van der Waals surface area contributed by atoms with Crippen LogP contribution in [0, 0.1) is 5.92 Å². The number of amides is 1. The van der Waals surface area contributed by atoms with E-state index < -0.39 is 26.2 Å². The first-order chi connectivity index (χ1) is 8.55. The van der Waals surface area contributed by atoms with E-state index in [2.05, 4.69) is 33.9 Å². The van der Waals surface area contributed by atoms with Gasteiger partial charge in [-0.2, -0.15) is 0 Å². The summed E-state index contributed by atoms with van der Waals surface area (Å²) in [5.41, 5.74) is 1.33. The molecule has 0 aromatic heterocycles. The highest BCUT2D eigenvalue weighted by molar-refractivity contribution is 6.80. The summed E-state index contributed by atoms with van der Waals surface area (Å²) in [6, 6.07) is -0.707. The number of hydrogen-bond donors (Lipinski definition) is 1. The maximum atomic E-state index is 12.3. The van der Waals surface area contributed by atoms with Gasteiger partial charge in [0.2, 0.25) is 5.91 Å². The molecule has 0 aliphatic carbocycles. The van der Waals surface area contributed by atoms with E-state index in [-0.39, 0.29) is 10.9 Å². The van der Waals surface area contributed by atoms with E-state index in [9.17, 15) is 14.7 Å². The minimum atomic E-state index is -2.15. The maximum absolute atomic E-state index is 12.3. The van der Waals surface area contributed by atoms with Crippen LogP contribution in [-0.2, 0) is 9.59 Å². The summed E-state index contributed by atoms with van der Waals surface area (Å²) >= 11 is 5.46. The van der Waals surface area contributed by atoms with Crippen LogP contribution >= 0.6 is 11.6 Å². The molecule has 0 spiro atoms. The van der Waals surface area contributed by atoms with Crippen molar-refractivity contribution in [2.45, 2.75) is 51.4 Å². The first-order valence-electron chi connectivity index (χ1n) is 6.37. The van der Waals surface area contributed by atoms with Gasteiger partial charge < -0.3 is 9.67 Å². The summed E-state index contributed by atoms with van der Waals surface area (Å²) < 4.78 is 1.64. The molecule has 0 aromatic rings. The van der Waals surface area contributed by atoms with Crippen molar-refractivity contribution >= 4 is 31.7 Å². The molecule has 1 amide bonds. The molecule has 0 unspecified atom stereocenters. The molecule has 108 valence electrons. The molecule has 0 radical (unpaired) electrons. The normalized spacial score (nSPS) is 24.7. The Labute approximate surface area is 120 Å². The molecule has 1 N–H and O–H groups in total. The van der Waals surface area contributed by atoms with E-state index in [1.165, 1.54) is 5.54 Å². The average Bonchev–Trinajstić information content (AvgIpc) is 2.23. The third-order valence-electron chi connectivity index (χ3n) is 4.38. The molecular formula is C13H22ClNO3Si. The third kappa shape index (κ3) is 2.72. The molecule has 1 fully saturated rings. The quantitative estimate of drug-likeness (QED) is 0.641. The summed E-state index contributed by atoms with van der Waals surface area (Å²) in [6.45, 7) is 10.3. The Morgan fingerprint density at radius 3 is 2.37 bits per heavy atom. The van der Waals surface area contributed by atoms with Gasteiger partial charge in [0, 0.05) is 5.54 Å². The number of aliphatic carboxylic acids is 1. The van der Waals surface area contributed by atoms with Crippen LogP contribution in [0.15, 0.2) is 11.6 Å². The summed E-state index contributed by atoms with van der Waals surface area (Å²) in [5.74, 6) is -1.44. The summed E-state index contributed by atoms with van der Waals surface area (Å²) in [5, 5.41) is 9.33. The lowest BCUT2D eigenvalue weighted by Crippen LogP contribution is -2.74. The van der Waals surface area contributed by atoms with Gasteiger partial charge in [-0.25, -0.2) is 4.79 Å². The SMILES string of the molecule is CC(C)(C)[Si](C)(C)N1C(=O)[C@H](C/C=C/Cl)[C@H]1C(=O)O. The van der Waals surface area contributed by atoms with E-state index in [1.807, 2.05) is 0 Å². The van der Waals surface area contributed by atoms with Gasteiger partial charge in [0.15, 0.2) is 8.24 Å². The Bertz CT molecular complexity index is 415. The van der Waals surface area contributed by atoms with Crippen LogP contribution in [0.25, 0.3) is 0 Å².